The first-order chi connectivity index (χ1) is 15.3. The second-order valence-corrected chi connectivity index (χ2v) is 7.54. The number of carbonyl (C=O) groups is 1. The highest BCUT2D eigenvalue weighted by Crippen LogP contribution is 2.44. The smallest absolute Gasteiger partial charge is 0.481 e. The van der Waals surface area contributed by atoms with Crippen LogP contribution in [-0.4, -0.2) is 34.3 Å². The van der Waals surface area contributed by atoms with E-state index in [1.165, 1.54) is 30.2 Å². The standard InChI is InChI=1S/C22H18F2N4O4/c1-12-10-26-21(27-19(12)14-5-8-18(30-2)25-11-14)28(20(29)13-3-4-13)15-6-7-16-17(9-15)32-22(23,24)31-16/h5-11,13H,3-4H2,1-2H3. The minimum Gasteiger partial charge on any atom is -0.481 e. The molecule has 0 saturated heterocycles. The Hall–Kier alpha value is -3.82. The molecule has 2 aliphatic rings. The average Bonchev–Trinajstić information content (AvgIpc) is 3.57. The van der Waals surface area contributed by atoms with E-state index in [1.807, 2.05) is 6.92 Å². The predicted molar refractivity (Wildman–Crippen MR) is 109 cm³/mol. The number of fused-ring (bicyclic) bond motifs is 1. The Morgan fingerprint density at radius 3 is 2.59 bits per heavy atom. The van der Waals surface area contributed by atoms with Crippen molar-refractivity contribution in [2.75, 3.05) is 12.0 Å². The van der Waals surface area contributed by atoms with Crippen LogP contribution in [0.25, 0.3) is 11.3 Å². The first-order valence-corrected chi connectivity index (χ1v) is 9.92. The van der Waals surface area contributed by atoms with Crippen LogP contribution in [0.3, 0.4) is 0 Å². The third kappa shape index (κ3) is 3.68. The number of amides is 1. The van der Waals surface area contributed by atoms with Gasteiger partial charge in [-0.15, -0.1) is 8.78 Å². The van der Waals surface area contributed by atoms with E-state index in [1.54, 1.807) is 24.5 Å². The molecule has 0 N–H and O–H groups in total. The molecule has 0 bridgehead atoms. The van der Waals surface area contributed by atoms with E-state index in [2.05, 4.69) is 24.4 Å². The maximum absolute atomic E-state index is 13.5. The molecule has 0 atom stereocenters. The number of aromatic nitrogens is 3. The summed E-state index contributed by atoms with van der Waals surface area (Å²) >= 11 is 0. The molecule has 3 aromatic rings. The summed E-state index contributed by atoms with van der Waals surface area (Å²) in [7, 11) is 1.53. The van der Waals surface area contributed by atoms with Crippen molar-refractivity contribution in [3.63, 3.8) is 0 Å². The summed E-state index contributed by atoms with van der Waals surface area (Å²) in [6.07, 6.45) is 0.975. The molecule has 0 unspecified atom stereocenters. The number of ether oxygens (including phenoxy) is 3. The van der Waals surface area contributed by atoms with Crippen LogP contribution in [0.2, 0.25) is 0 Å². The van der Waals surface area contributed by atoms with Crippen LogP contribution >= 0.6 is 0 Å². The summed E-state index contributed by atoms with van der Waals surface area (Å²) in [6, 6.07) is 7.68. The number of carbonyl (C=O) groups excluding carboxylic acids is 1. The van der Waals surface area contributed by atoms with E-state index in [-0.39, 0.29) is 29.3 Å². The monoisotopic (exact) mass is 440 g/mol. The van der Waals surface area contributed by atoms with Crippen LogP contribution in [0.5, 0.6) is 17.4 Å². The highest BCUT2D eigenvalue weighted by Gasteiger charge is 2.44. The van der Waals surface area contributed by atoms with Crippen molar-refractivity contribution >= 4 is 17.5 Å². The Morgan fingerprint density at radius 1 is 1.12 bits per heavy atom. The maximum Gasteiger partial charge on any atom is 0.586 e. The van der Waals surface area contributed by atoms with Crippen LogP contribution < -0.4 is 19.1 Å². The van der Waals surface area contributed by atoms with E-state index in [4.69, 9.17) is 4.74 Å². The first-order valence-electron chi connectivity index (χ1n) is 9.92. The molecular weight excluding hydrogens is 422 g/mol. The number of hydrogen-bond acceptors (Lipinski definition) is 7. The molecule has 10 heteroatoms. The fraction of sp³-hybridized carbons (Fsp3) is 0.273. The molecule has 1 aliphatic carbocycles. The van der Waals surface area contributed by atoms with Crippen molar-refractivity contribution in [3.05, 3.63) is 48.3 Å². The molecule has 0 spiro atoms. The third-order valence-corrected chi connectivity index (χ3v) is 5.17. The van der Waals surface area contributed by atoms with E-state index >= 15 is 0 Å². The number of rotatable bonds is 5. The average molecular weight is 440 g/mol. The maximum atomic E-state index is 13.5. The van der Waals surface area contributed by atoms with Crippen molar-refractivity contribution in [1.29, 1.82) is 0 Å². The second-order valence-electron chi connectivity index (χ2n) is 7.54. The molecule has 2 aromatic heterocycles. The number of anilines is 2. The zero-order valence-corrected chi connectivity index (χ0v) is 17.2. The fourth-order valence-electron chi connectivity index (χ4n) is 3.40. The van der Waals surface area contributed by atoms with Gasteiger partial charge in [-0.05, 0) is 43.5 Å². The van der Waals surface area contributed by atoms with Gasteiger partial charge in [0.15, 0.2) is 11.5 Å². The molecule has 0 radical (unpaired) electrons. The molecule has 1 fully saturated rings. The molecule has 3 heterocycles. The third-order valence-electron chi connectivity index (χ3n) is 5.17. The normalized spacial score (nSPS) is 16.0. The topological polar surface area (TPSA) is 86.7 Å². The highest BCUT2D eigenvalue weighted by atomic mass is 19.3. The molecule has 1 aromatic carbocycles. The minimum absolute atomic E-state index is 0.104. The number of nitrogens with zero attached hydrogens (tertiary/aromatic N) is 4. The second kappa shape index (κ2) is 7.40. The number of pyridine rings is 1. The minimum atomic E-state index is -3.75. The van der Waals surface area contributed by atoms with Crippen LogP contribution in [0.15, 0.2) is 42.7 Å². The van der Waals surface area contributed by atoms with Crippen LogP contribution in [0.4, 0.5) is 20.4 Å². The van der Waals surface area contributed by atoms with E-state index in [0.29, 0.717) is 17.3 Å². The van der Waals surface area contributed by atoms with Crippen molar-refractivity contribution < 1.29 is 27.8 Å². The van der Waals surface area contributed by atoms with Crippen LogP contribution in [0, 0.1) is 12.8 Å². The van der Waals surface area contributed by atoms with Gasteiger partial charge in [-0.25, -0.2) is 19.9 Å². The zero-order valence-electron chi connectivity index (χ0n) is 17.2. The van der Waals surface area contributed by atoms with Crippen molar-refractivity contribution in [2.24, 2.45) is 5.92 Å². The largest absolute Gasteiger partial charge is 0.586 e. The van der Waals surface area contributed by atoms with Gasteiger partial charge in [0.1, 0.15) is 0 Å². The van der Waals surface area contributed by atoms with Gasteiger partial charge in [-0.2, -0.15) is 0 Å². The Kier molecular flexibility index (Phi) is 4.65. The molecule has 5 rings (SSSR count). The van der Waals surface area contributed by atoms with Gasteiger partial charge in [0.05, 0.1) is 18.5 Å². The first kappa shape index (κ1) is 20.1. The number of halogens is 2. The summed E-state index contributed by atoms with van der Waals surface area (Å²) in [4.78, 5) is 27.7. The Balaban J connectivity index is 1.57. The van der Waals surface area contributed by atoms with Crippen molar-refractivity contribution in [1.82, 2.24) is 15.0 Å². The van der Waals surface area contributed by atoms with Crippen molar-refractivity contribution in [2.45, 2.75) is 26.1 Å². The van der Waals surface area contributed by atoms with Gasteiger partial charge in [0.25, 0.3) is 0 Å². The summed E-state index contributed by atoms with van der Waals surface area (Å²) in [5.74, 6) is -0.0522. The van der Waals surface area contributed by atoms with Crippen molar-refractivity contribution in [3.8, 4) is 28.6 Å². The molecule has 1 amide bonds. The number of aryl methyl sites for hydroxylation is 1. The quantitative estimate of drug-likeness (QED) is 0.586. The van der Waals surface area contributed by atoms with E-state index < -0.39 is 6.29 Å². The number of hydrogen-bond donors (Lipinski definition) is 0. The van der Waals surface area contributed by atoms with Crippen LogP contribution in [-0.2, 0) is 4.79 Å². The molecule has 32 heavy (non-hydrogen) atoms. The Morgan fingerprint density at radius 2 is 1.91 bits per heavy atom. The lowest BCUT2D eigenvalue weighted by Crippen LogP contribution is -2.29. The number of benzene rings is 1. The lowest BCUT2D eigenvalue weighted by molar-refractivity contribution is -0.286. The van der Waals surface area contributed by atoms with Gasteiger partial charge in [0.2, 0.25) is 17.7 Å². The van der Waals surface area contributed by atoms with Crippen LogP contribution in [0.1, 0.15) is 18.4 Å². The molecule has 8 nitrogen and oxygen atoms in total. The summed E-state index contributed by atoms with van der Waals surface area (Å²) in [5, 5.41) is 0. The highest BCUT2D eigenvalue weighted by molar-refractivity contribution is 6.01. The SMILES string of the molecule is COc1ccc(-c2nc(N(C(=O)C3CC3)c3ccc4c(c3)OC(F)(F)O4)ncc2C)cn1. The lowest BCUT2D eigenvalue weighted by atomic mass is 10.1. The molecule has 1 aliphatic heterocycles. The number of alkyl halides is 2. The zero-order chi connectivity index (χ0) is 22.5. The van der Waals surface area contributed by atoms with Gasteiger partial charge in [0, 0.05) is 36.0 Å². The van der Waals surface area contributed by atoms with Gasteiger partial charge in [-0.1, -0.05) is 0 Å². The van der Waals surface area contributed by atoms with E-state index in [9.17, 15) is 13.6 Å². The molecule has 164 valence electrons. The number of methoxy groups -OCH3 is 1. The Labute approximate surface area is 181 Å². The van der Waals surface area contributed by atoms with Gasteiger partial charge in [-0.3, -0.25) is 4.79 Å². The van der Waals surface area contributed by atoms with Gasteiger partial charge >= 0.3 is 6.29 Å². The Bertz CT molecular complexity index is 1200. The predicted octanol–water partition coefficient (Wildman–Crippen LogP) is 4.25. The summed E-state index contributed by atoms with van der Waals surface area (Å²) in [5.41, 5.74) is 2.40. The molecular formula is C22H18F2N4O4. The van der Waals surface area contributed by atoms with Gasteiger partial charge < -0.3 is 14.2 Å². The molecule has 1 saturated carbocycles. The summed E-state index contributed by atoms with van der Waals surface area (Å²) in [6.45, 7) is 1.85. The summed E-state index contributed by atoms with van der Waals surface area (Å²) < 4.78 is 41.0. The lowest BCUT2D eigenvalue weighted by Gasteiger charge is -2.22. The van der Waals surface area contributed by atoms with E-state index in [0.717, 1.165) is 24.0 Å². The fourth-order valence-corrected chi connectivity index (χ4v) is 3.40.